The Morgan fingerprint density at radius 1 is 1.44 bits per heavy atom. The Kier molecular flexibility index (Phi) is 3.78. The van der Waals surface area contributed by atoms with Crippen LogP contribution < -0.4 is 10.1 Å². The number of nitrogens with one attached hydrogen (secondary N) is 1. The van der Waals surface area contributed by atoms with Crippen molar-refractivity contribution in [3.8, 4) is 5.75 Å². The molecule has 1 N–H and O–H groups in total. The molecule has 0 atom stereocenters. The average molecular weight is 223 g/mol. The Hall–Kier alpha value is -1.09. The quantitative estimate of drug-likeness (QED) is 0.748. The Balaban J connectivity index is 1.83. The monoisotopic (exact) mass is 223 g/mol. The number of ether oxygens (including phenoxy) is 1. The van der Waals surface area contributed by atoms with Crippen LogP contribution >= 0.6 is 0 Å². The summed E-state index contributed by atoms with van der Waals surface area (Å²) in [5, 5.41) is 3.44. The van der Waals surface area contributed by atoms with Gasteiger partial charge in [-0.3, -0.25) is 0 Å². The Morgan fingerprint density at radius 2 is 2.25 bits per heavy atom. The highest BCUT2D eigenvalue weighted by molar-refractivity contribution is 5.33. The lowest BCUT2D eigenvalue weighted by Gasteiger charge is -2.08. The number of halogens is 1. The number of aryl methyl sites for hydroxylation is 1. The highest BCUT2D eigenvalue weighted by atomic mass is 19.1. The van der Waals surface area contributed by atoms with Crippen LogP contribution in [0.2, 0.25) is 0 Å². The van der Waals surface area contributed by atoms with Gasteiger partial charge in [-0.1, -0.05) is 0 Å². The molecule has 2 rings (SSSR count). The summed E-state index contributed by atoms with van der Waals surface area (Å²) < 4.78 is 18.3. The first kappa shape index (κ1) is 11.4. The molecule has 0 saturated heterocycles. The maximum Gasteiger partial charge on any atom is 0.123 e. The van der Waals surface area contributed by atoms with E-state index in [4.69, 9.17) is 4.74 Å². The molecule has 1 aliphatic carbocycles. The Labute approximate surface area is 95.8 Å². The minimum absolute atomic E-state index is 0.189. The van der Waals surface area contributed by atoms with Crippen molar-refractivity contribution in [3.05, 3.63) is 29.6 Å². The van der Waals surface area contributed by atoms with Crippen molar-refractivity contribution in [2.45, 2.75) is 31.7 Å². The maximum absolute atomic E-state index is 13.1. The van der Waals surface area contributed by atoms with Crippen molar-refractivity contribution in [1.82, 2.24) is 5.32 Å². The molecule has 2 nitrogen and oxygen atoms in total. The van der Waals surface area contributed by atoms with Crippen molar-refractivity contribution in [1.29, 1.82) is 0 Å². The second-order valence-corrected chi connectivity index (χ2v) is 4.29. The Morgan fingerprint density at radius 3 is 2.94 bits per heavy atom. The molecule has 1 aromatic rings. The predicted molar refractivity (Wildman–Crippen MR) is 62.3 cm³/mol. The fourth-order valence-corrected chi connectivity index (χ4v) is 1.82. The second kappa shape index (κ2) is 5.30. The summed E-state index contributed by atoms with van der Waals surface area (Å²) in [5.74, 6) is 0.596. The van der Waals surface area contributed by atoms with E-state index >= 15 is 0 Å². The zero-order valence-corrected chi connectivity index (χ0v) is 9.63. The lowest BCUT2D eigenvalue weighted by Crippen LogP contribution is -2.17. The fraction of sp³-hybridized carbons (Fsp3) is 0.538. The van der Waals surface area contributed by atoms with Gasteiger partial charge in [0, 0.05) is 6.04 Å². The standard InChI is InChI=1S/C13H18FNO/c1-16-13-7-4-11(14)9-10(13)3-2-8-15-12-5-6-12/h4,7,9,12,15H,2-3,5-6,8H2,1H3. The van der Waals surface area contributed by atoms with E-state index in [-0.39, 0.29) is 5.82 Å². The second-order valence-electron chi connectivity index (χ2n) is 4.29. The molecule has 0 unspecified atom stereocenters. The van der Waals surface area contributed by atoms with E-state index in [0.717, 1.165) is 36.7 Å². The van der Waals surface area contributed by atoms with Gasteiger partial charge in [0.15, 0.2) is 0 Å². The normalized spacial score (nSPS) is 15.1. The van der Waals surface area contributed by atoms with Crippen LogP contribution in [0.15, 0.2) is 18.2 Å². The van der Waals surface area contributed by atoms with Gasteiger partial charge in [0.1, 0.15) is 11.6 Å². The van der Waals surface area contributed by atoms with E-state index in [9.17, 15) is 4.39 Å². The molecule has 0 amide bonds. The van der Waals surface area contributed by atoms with Gasteiger partial charge >= 0.3 is 0 Å². The summed E-state index contributed by atoms with van der Waals surface area (Å²) in [7, 11) is 1.62. The van der Waals surface area contributed by atoms with Gasteiger partial charge in [0.2, 0.25) is 0 Å². The molecular formula is C13H18FNO. The van der Waals surface area contributed by atoms with E-state index in [0.29, 0.717) is 0 Å². The van der Waals surface area contributed by atoms with Crippen LogP contribution in [0.5, 0.6) is 5.75 Å². The predicted octanol–water partition coefficient (Wildman–Crippen LogP) is 2.52. The molecule has 88 valence electrons. The van der Waals surface area contributed by atoms with Gasteiger partial charge in [0.25, 0.3) is 0 Å². The van der Waals surface area contributed by atoms with Gasteiger partial charge in [-0.05, 0) is 56.0 Å². The van der Waals surface area contributed by atoms with E-state index in [2.05, 4.69) is 5.32 Å². The SMILES string of the molecule is COc1ccc(F)cc1CCCNC1CC1. The minimum atomic E-state index is -0.189. The van der Waals surface area contributed by atoms with Gasteiger partial charge in [-0.2, -0.15) is 0 Å². The largest absolute Gasteiger partial charge is 0.496 e. The molecule has 0 aromatic heterocycles. The van der Waals surface area contributed by atoms with Crippen molar-refractivity contribution >= 4 is 0 Å². The molecule has 0 spiro atoms. The maximum atomic E-state index is 13.1. The highest BCUT2D eigenvalue weighted by Gasteiger charge is 2.19. The summed E-state index contributed by atoms with van der Waals surface area (Å²) in [6.07, 6.45) is 4.50. The van der Waals surface area contributed by atoms with Crippen molar-refractivity contribution in [2.75, 3.05) is 13.7 Å². The third-order valence-electron chi connectivity index (χ3n) is 2.88. The molecule has 1 fully saturated rings. The van der Waals surface area contributed by atoms with Crippen LogP contribution in [-0.2, 0) is 6.42 Å². The smallest absolute Gasteiger partial charge is 0.123 e. The zero-order valence-electron chi connectivity index (χ0n) is 9.63. The summed E-state index contributed by atoms with van der Waals surface area (Å²) in [6, 6.07) is 5.44. The molecule has 3 heteroatoms. The first-order valence-corrected chi connectivity index (χ1v) is 5.85. The molecule has 1 aliphatic rings. The van der Waals surface area contributed by atoms with Crippen LogP contribution in [0.3, 0.4) is 0 Å². The van der Waals surface area contributed by atoms with Gasteiger partial charge in [0.05, 0.1) is 7.11 Å². The lowest BCUT2D eigenvalue weighted by molar-refractivity contribution is 0.407. The number of methoxy groups -OCH3 is 1. The summed E-state index contributed by atoms with van der Waals surface area (Å²) in [5.41, 5.74) is 0.958. The molecule has 1 aromatic carbocycles. The van der Waals surface area contributed by atoms with E-state index in [1.807, 2.05) is 0 Å². The topological polar surface area (TPSA) is 21.3 Å². The minimum Gasteiger partial charge on any atom is -0.496 e. The third-order valence-corrected chi connectivity index (χ3v) is 2.88. The molecule has 0 aliphatic heterocycles. The van der Waals surface area contributed by atoms with Crippen LogP contribution in [0.1, 0.15) is 24.8 Å². The van der Waals surface area contributed by atoms with Crippen LogP contribution in [-0.4, -0.2) is 19.7 Å². The molecule has 16 heavy (non-hydrogen) atoms. The highest BCUT2D eigenvalue weighted by Crippen LogP contribution is 2.21. The number of hydrogen-bond donors (Lipinski definition) is 1. The number of benzene rings is 1. The Bertz CT molecular complexity index is 350. The van der Waals surface area contributed by atoms with E-state index in [1.54, 1.807) is 19.2 Å². The summed E-state index contributed by atoms with van der Waals surface area (Å²) in [6.45, 7) is 1.00. The van der Waals surface area contributed by atoms with Crippen molar-refractivity contribution < 1.29 is 9.13 Å². The van der Waals surface area contributed by atoms with Crippen LogP contribution in [0.4, 0.5) is 4.39 Å². The van der Waals surface area contributed by atoms with Crippen molar-refractivity contribution in [2.24, 2.45) is 0 Å². The lowest BCUT2D eigenvalue weighted by atomic mass is 10.1. The first-order valence-electron chi connectivity index (χ1n) is 5.85. The van der Waals surface area contributed by atoms with E-state index in [1.165, 1.54) is 18.9 Å². The first-order chi connectivity index (χ1) is 7.79. The fourth-order valence-electron chi connectivity index (χ4n) is 1.82. The molecule has 0 heterocycles. The van der Waals surface area contributed by atoms with Crippen molar-refractivity contribution in [3.63, 3.8) is 0 Å². The van der Waals surface area contributed by atoms with Crippen LogP contribution in [0, 0.1) is 5.82 Å². The molecule has 0 bridgehead atoms. The van der Waals surface area contributed by atoms with Gasteiger partial charge in [-0.15, -0.1) is 0 Å². The molecular weight excluding hydrogens is 205 g/mol. The van der Waals surface area contributed by atoms with Gasteiger partial charge in [-0.25, -0.2) is 4.39 Å². The van der Waals surface area contributed by atoms with Crippen LogP contribution in [0.25, 0.3) is 0 Å². The third kappa shape index (κ3) is 3.20. The van der Waals surface area contributed by atoms with E-state index < -0.39 is 0 Å². The average Bonchev–Trinajstić information content (AvgIpc) is 3.08. The number of rotatable bonds is 6. The molecule has 1 saturated carbocycles. The zero-order chi connectivity index (χ0) is 11.4. The summed E-state index contributed by atoms with van der Waals surface area (Å²) in [4.78, 5) is 0. The summed E-state index contributed by atoms with van der Waals surface area (Å²) >= 11 is 0. The van der Waals surface area contributed by atoms with Gasteiger partial charge < -0.3 is 10.1 Å². The number of hydrogen-bond acceptors (Lipinski definition) is 2. The molecule has 0 radical (unpaired) electrons.